The van der Waals surface area contributed by atoms with Gasteiger partial charge in [0.1, 0.15) is 17.4 Å². The van der Waals surface area contributed by atoms with Crippen LogP contribution in [0.4, 0.5) is 5.00 Å². The van der Waals surface area contributed by atoms with Crippen LogP contribution in [0.25, 0.3) is 0 Å². The second kappa shape index (κ2) is 12.0. The van der Waals surface area contributed by atoms with E-state index in [0.717, 1.165) is 26.2 Å². The van der Waals surface area contributed by atoms with E-state index in [1.807, 2.05) is 60.7 Å². The van der Waals surface area contributed by atoms with Crippen molar-refractivity contribution in [3.63, 3.8) is 0 Å². The van der Waals surface area contributed by atoms with Gasteiger partial charge < -0.3 is 14.8 Å². The van der Waals surface area contributed by atoms with Crippen LogP contribution in [0.2, 0.25) is 0 Å². The Morgan fingerprint density at radius 3 is 2.33 bits per heavy atom. The highest BCUT2D eigenvalue weighted by Gasteiger charge is 2.22. The van der Waals surface area contributed by atoms with Crippen molar-refractivity contribution < 1.29 is 19.1 Å². The van der Waals surface area contributed by atoms with Gasteiger partial charge in [0.15, 0.2) is 0 Å². The molecule has 4 aromatic rings. The molecule has 0 aliphatic rings. The summed E-state index contributed by atoms with van der Waals surface area (Å²) in [6.45, 7) is 4.49. The highest BCUT2D eigenvalue weighted by molar-refractivity contribution is 9.10. The van der Waals surface area contributed by atoms with Gasteiger partial charge in [0.25, 0.3) is 5.91 Å². The number of carbonyl (C=O) groups excluding carboxylic acids is 2. The van der Waals surface area contributed by atoms with Gasteiger partial charge in [-0.05, 0) is 60.5 Å². The van der Waals surface area contributed by atoms with E-state index < -0.39 is 5.97 Å². The molecule has 0 unspecified atom stereocenters. The molecule has 1 N–H and O–H groups in total. The summed E-state index contributed by atoms with van der Waals surface area (Å²) < 4.78 is 12.0. The lowest BCUT2D eigenvalue weighted by Gasteiger charge is -2.09. The van der Waals surface area contributed by atoms with Gasteiger partial charge >= 0.3 is 5.97 Å². The molecule has 1 amide bonds. The van der Waals surface area contributed by atoms with E-state index in [1.54, 1.807) is 19.1 Å². The maximum atomic E-state index is 13.0. The fourth-order valence-corrected chi connectivity index (χ4v) is 4.99. The van der Waals surface area contributed by atoms with Crippen LogP contribution in [-0.4, -0.2) is 18.5 Å². The summed E-state index contributed by atoms with van der Waals surface area (Å²) in [7, 11) is 0. The van der Waals surface area contributed by atoms with Crippen molar-refractivity contribution in [2.75, 3.05) is 11.9 Å². The van der Waals surface area contributed by atoms with Gasteiger partial charge in [-0.25, -0.2) is 4.79 Å². The molecule has 0 saturated carbocycles. The van der Waals surface area contributed by atoms with Crippen LogP contribution in [0, 0.1) is 0 Å². The standard InChI is InChI=1S/C29H26BrNO4S/c1-3-34-29(33)25-17-26(19(2)21-7-5-4-6-8-21)36-28(25)31-27(32)22-11-9-20(10-12-22)18-35-24-15-13-23(30)14-16-24/h4-17,19H,3,18H2,1-2H3,(H,31,32)/t19-/m0/s1. The van der Waals surface area contributed by atoms with Crippen molar-refractivity contribution in [3.8, 4) is 5.75 Å². The summed E-state index contributed by atoms with van der Waals surface area (Å²) in [5.74, 6) is 0.0995. The zero-order valence-electron chi connectivity index (χ0n) is 20.0. The maximum absolute atomic E-state index is 13.0. The third-order valence-electron chi connectivity index (χ3n) is 5.64. The molecule has 3 aromatic carbocycles. The number of halogens is 1. The lowest BCUT2D eigenvalue weighted by molar-refractivity contribution is 0.0528. The molecule has 0 saturated heterocycles. The highest BCUT2D eigenvalue weighted by atomic mass is 79.9. The van der Waals surface area contributed by atoms with Crippen LogP contribution in [0.5, 0.6) is 5.75 Å². The predicted molar refractivity (Wildman–Crippen MR) is 147 cm³/mol. The molecule has 0 fully saturated rings. The van der Waals surface area contributed by atoms with Crippen molar-refractivity contribution in [3.05, 3.63) is 117 Å². The number of anilines is 1. The first-order valence-corrected chi connectivity index (χ1v) is 13.2. The third kappa shape index (κ3) is 6.42. The number of ether oxygens (including phenoxy) is 2. The molecule has 0 aliphatic carbocycles. The highest BCUT2D eigenvalue weighted by Crippen LogP contribution is 2.36. The lowest BCUT2D eigenvalue weighted by Crippen LogP contribution is -2.14. The average molecular weight is 565 g/mol. The Balaban J connectivity index is 1.48. The average Bonchev–Trinajstić information content (AvgIpc) is 3.32. The number of rotatable bonds is 9. The van der Waals surface area contributed by atoms with E-state index in [0.29, 0.717) is 22.7 Å². The molecule has 184 valence electrons. The van der Waals surface area contributed by atoms with Crippen LogP contribution in [0.15, 0.2) is 89.4 Å². The first-order valence-electron chi connectivity index (χ1n) is 11.6. The van der Waals surface area contributed by atoms with E-state index in [4.69, 9.17) is 9.47 Å². The molecular weight excluding hydrogens is 538 g/mol. The van der Waals surface area contributed by atoms with Crippen LogP contribution < -0.4 is 10.1 Å². The van der Waals surface area contributed by atoms with Gasteiger partial charge in [0, 0.05) is 20.8 Å². The van der Waals surface area contributed by atoms with Crippen LogP contribution in [0.1, 0.15) is 56.5 Å². The molecule has 1 heterocycles. The van der Waals surface area contributed by atoms with E-state index in [1.165, 1.54) is 11.3 Å². The second-order valence-electron chi connectivity index (χ2n) is 8.14. The van der Waals surface area contributed by atoms with Crippen molar-refractivity contribution in [1.82, 2.24) is 0 Å². The van der Waals surface area contributed by atoms with Gasteiger partial charge in [0.05, 0.1) is 12.2 Å². The Labute approximate surface area is 223 Å². The Hall–Kier alpha value is -3.42. The molecule has 0 radical (unpaired) electrons. The molecule has 4 rings (SSSR count). The van der Waals surface area contributed by atoms with E-state index >= 15 is 0 Å². The SMILES string of the molecule is CCOC(=O)c1cc([C@@H](C)c2ccccc2)sc1NC(=O)c1ccc(COc2ccc(Br)cc2)cc1. The fourth-order valence-electron chi connectivity index (χ4n) is 3.61. The summed E-state index contributed by atoms with van der Waals surface area (Å²) in [4.78, 5) is 26.6. The van der Waals surface area contributed by atoms with Gasteiger partial charge in [0.2, 0.25) is 0 Å². The summed E-state index contributed by atoms with van der Waals surface area (Å²) in [6, 6.07) is 26.7. The summed E-state index contributed by atoms with van der Waals surface area (Å²) in [5.41, 5.74) is 2.93. The van der Waals surface area contributed by atoms with Crippen LogP contribution >= 0.6 is 27.3 Å². The first-order chi connectivity index (χ1) is 17.4. The Bertz CT molecular complexity index is 1320. The fraction of sp³-hybridized carbons (Fsp3) is 0.172. The summed E-state index contributed by atoms with van der Waals surface area (Å²) in [5, 5.41) is 3.40. The predicted octanol–water partition coefficient (Wildman–Crippen LogP) is 7.67. The largest absolute Gasteiger partial charge is 0.489 e. The summed E-state index contributed by atoms with van der Waals surface area (Å²) >= 11 is 4.80. The van der Waals surface area contributed by atoms with E-state index in [9.17, 15) is 9.59 Å². The maximum Gasteiger partial charge on any atom is 0.341 e. The molecule has 7 heteroatoms. The molecule has 0 spiro atoms. The normalized spacial score (nSPS) is 11.5. The number of nitrogens with one attached hydrogen (secondary N) is 1. The minimum atomic E-state index is -0.448. The van der Waals surface area contributed by atoms with Crippen LogP contribution in [-0.2, 0) is 11.3 Å². The second-order valence-corrected chi connectivity index (χ2v) is 10.1. The molecule has 0 bridgehead atoms. The molecule has 1 atom stereocenters. The number of carbonyl (C=O) groups is 2. The zero-order chi connectivity index (χ0) is 25.5. The monoisotopic (exact) mass is 563 g/mol. The Morgan fingerprint density at radius 1 is 0.972 bits per heavy atom. The molecular formula is C29H26BrNO4S. The number of thiophene rings is 1. The lowest BCUT2D eigenvalue weighted by atomic mass is 9.99. The Kier molecular flexibility index (Phi) is 8.57. The van der Waals surface area contributed by atoms with Gasteiger partial charge in [-0.3, -0.25) is 4.79 Å². The Morgan fingerprint density at radius 2 is 1.67 bits per heavy atom. The number of benzene rings is 3. The summed E-state index contributed by atoms with van der Waals surface area (Å²) in [6.07, 6.45) is 0. The molecule has 36 heavy (non-hydrogen) atoms. The number of amides is 1. The molecule has 5 nitrogen and oxygen atoms in total. The zero-order valence-corrected chi connectivity index (χ0v) is 22.4. The van der Waals surface area contributed by atoms with Crippen LogP contribution in [0.3, 0.4) is 0 Å². The van der Waals surface area contributed by atoms with E-state index in [-0.39, 0.29) is 18.4 Å². The minimum absolute atomic E-state index is 0.0695. The van der Waals surface area contributed by atoms with Gasteiger partial charge in [-0.15, -0.1) is 11.3 Å². The van der Waals surface area contributed by atoms with Crippen molar-refractivity contribution in [2.24, 2.45) is 0 Å². The number of hydrogen-bond acceptors (Lipinski definition) is 5. The molecule has 1 aromatic heterocycles. The topological polar surface area (TPSA) is 64.6 Å². The van der Waals surface area contributed by atoms with Crippen molar-refractivity contribution in [1.29, 1.82) is 0 Å². The third-order valence-corrected chi connectivity index (χ3v) is 7.40. The molecule has 0 aliphatic heterocycles. The van der Waals surface area contributed by atoms with Gasteiger partial charge in [-0.1, -0.05) is 65.3 Å². The quantitative estimate of drug-likeness (QED) is 0.212. The number of esters is 1. The number of hydrogen-bond donors (Lipinski definition) is 1. The smallest absolute Gasteiger partial charge is 0.341 e. The van der Waals surface area contributed by atoms with Crippen molar-refractivity contribution >= 4 is 44.1 Å². The minimum Gasteiger partial charge on any atom is -0.489 e. The van der Waals surface area contributed by atoms with E-state index in [2.05, 4.69) is 40.3 Å². The first kappa shape index (κ1) is 25.7. The van der Waals surface area contributed by atoms with Crippen molar-refractivity contribution in [2.45, 2.75) is 26.4 Å². The van der Waals surface area contributed by atoms with Gasteiger partial charge in [-0.2, -0.15) is 0 Å².